The van der Waals surface area contributed by atoms with Gasteiger partial charge in [-0.2, -0.15) is 11.8 Å². The number of aliphatic carboxylic acids is 2. The minimum absolute atomic E-state index is 0.00729. The highest BCUT2D eigenvalue weighted by Crippen LogP contribution is 2.11. The fourth-order valence-electron chi connectivity index (χ4n) is 1.73. The molecule has 0 rings (SSSR count). The molecule has 2 atom stereocenters. The van der Waals surface area contributed by atoms with E-state index >= 15 is 0 Å². The summed E-state index contributed by atoms with van der Waals surface area (Å²) in [5.74, 6) is -2.21. The first kappa shape index (κ1) is 25.8. The molecule has 0 aromatic carbocycles. The Morgan fingerprint density at radius 3 is 1.57 bits per heavy atom. The number of hydrogen-bond acceptors (Lipinski definition) is 7. The zero-order valence-corrected chi connectivity index (χ0v) is 17.8. The standard InChI is InChI=1S/C17H30N2O8S/c1-16(2,3)26-14(24)18-10(12(20)21)7-8-28-9-11(13(22)23)19-15(25)27-17(4,5)6/h10-11H,7-9H2,1-6H3,(H,18,24)(H,19,25)(H,20,21)(H,22,23)/t10-,11+/m0/s1. The number of carboxylic acids is 2. The van der Waals surface area contributed by atoms with Gasteiger partial charge in [-0.25, -0.2) is 19.2 Å². The van der Waals surface area contributed by atoms with E-state index in [9.17, 15) is 29.4 Å². The number of thioether (sulfide) groups is 1. The smallest absolute Gasteiger partial charge is 0.408 e. The van der Waals surface area contributed by atoms with Gasteiger partial charge in [-0.05, 0) is 53.7 Å². The van der Waals surface area contributed by atoms with Gasteiger partial charge in [0.15, 0.2) is 0 Å². The highest BCUT2D eigenvalue weighted by Gasteiger charge is 2.26. The molecule has 0 aliphatic rings. The summed E-state index contributed by atoms with van der Waals surface area (Å²) in [4.78, 5) is 45.9. The van der Waals surface area contributed by atoms with Gasteiger partial charge in [-0.1, -0.05) is 0 Å². The van der Waals surface area contributed by atoms with E-state index in [-0.39, 0.29) is 17.9 Å². The molecule has 162 valence electrons. The summed E-state index contributed by atoms with van der Waals surface area (Å²) >= 11 is 1.13. The lowest BCUT2D eigenvalue weighted by molar-refractivity contribution is -0.140. The first-order valence-electron chi connectivity index (χ1n) is 8.63. The predicted molar refractivity (Wildman–Crippen MR) is 104 cm³/mol. The van der Waals surface area contributed by atoms with Crippen molar-refractivity contribution in [2.24, 2.45) is 0 Å². The van der Waals surface area contributed by atoms with Gasteiger partial charge in [0.2, 0.25) is 0 Å². The number of amides is 2. The summed E-state index contributed by atoms with van der Waals surface area (Å²) < 4.78 is 10.0. The second-order valence-electron chi connectivity index (χ2n) is 7.94. The second kappa shape index (κ2) is 11.0. The third-order valence-electron chi connectivity index (χ3n) is 2.81. The van der Waals surface area contributed by atoms with Gasteiger partial charge < -0.3 is 30.3 Å². The van der Waals surface area contributed by atoms with Crippen molar-refractivity contribution in [2.75, 3.05) is 11.5 Å². The molecule has 0 bridgehead atoms. The minimum Gasteiger partial charge on any atom is -0.480 e. The summed E-state index contributed by atoms with van der Waals surface area (Å²) in [6, 6.07) is -2.37. The Labute approximate surface area is 168 Å². The molecule has 2 amide bonds. The number of nitrogens with one attached hydrogen (secondary N) is 2. The van der Waals surface area contributed by atoms with Crippen LogP contribution >= 0.6 is 11.8 Å². The van der Waals surface area contributed by atoms with Crippen LogP contribution in [0.4, 0.5) is 9.59 Å². The van der Waals surface area contributed by atoms with Crippen LogP contribution in [0.15, 0.2) is 0 Å². The molecule has 0 saturated heterocycles. The summed E-state index contributed by atoms with van der Waals surface area (Å²) in [5, 5.41) is 22.9. The Bertz CT molecular complexity index is 518. The molecular formula is C17H30N2O8S. The van der Waals surface area contributed by atoms with Crippen LogP contribution in [-0.4, -0.2) is 69.1 Å². The average Bonchev–Trinajstić information content (AvgIpc) is 2.44. The van der Waals surface area contributed by atoms with Crippen LogP contribution in [0.1, 0.15) is 48.0 Å². The Hall–Kier alpha value is -2.17. The lowest BCUT2D eigenvalue weighted by Gasteiger charge is -2.22. The molecule has 0 aromatic rings. The zero-order chi connectivity index (χ0) is 22.1. The zero-order valence-electron chi connectivity index (χ0n) is 17.0. The lowest BCUT2D eigenvalue weighted by atomic mass is 10.2. The Morgan fingerprint density at radius 1 is 0.821 bits per heavy atom. The van der Waals surface area contributed by atoms with Gasteiger partial charge in [0.05, 0.1) is 0 Å². The predicted octanol–water partition coefficient (Wildman–Crippen LogP) is 2.07. The topological polar surface area (TPSA) is 151 Å². The maximum absolute atomic E-state index is 11.7. The van der Waals surface area contributed by atoms with E-state index < -0.39 is 47.4 Å². The van der Waals surface area contributed by atoms with E-state index in [0.717, 1.165) is 11.8 Å². The van der Waals surface area contributed by atoms with E-state index in [1.807, 2.05) is 0 Å². The van der Waals surface area contributed by atoms with Gasteiger partial charge in [-0.15, -0.1) is 0 Å². The third kappa shape index (κ3) is 13.1. The molecule has 0 spiro atoms. The third-order valence-corrected chi connectivity index (χ3v) is 3.91. The lowest BCUT2D eigenvalue weighted by Crippen LogP contribution is -2.45. The maximum Gasteiger partial charge on any atom is 0.408 e. The largest absolute Gasteiger partial charge is 0.480 e. The van der Waals surface area contributed by atoms with Crippen LogP contribution in [0.5, 0.6) is 0 Å². The number of alkyl carbamates (subject to hydrolysis) is 2. The van der Waals surface area contributed by atoms with Crippen molar-refractivity contribution >= 4 is 35.9 Å². The summed E-state index contributed by atoms with van der Waals surface area (Å²) in [6.45, 7) is 9.92. The average molecular weight is 423 g/mol. The maximum atomic E-state index is 11.7. The SMILES string of the molecule is CC(C)(C)OC(=O)N[C@@H](CCSC[C@@H](NC(=O)OC(C)(C)C)C(=O)O)C(=O)O. The number of ether oxygens (including phenoxy) is 2. The number of rotatable bonds is 9. The normalized spacial score (nSPS) is 13.8. The molecule has 0 fully saturated rings. The second-order valence-corrected chi connectivity index (χ2v) is 9.09. The number of carbonyl (C=O) groups is 4. The molecule has 10 nitrogen and oxygen atoms in total. The van der Waals surface area contributed by atoms with Gasteiger partial charge >= 0.3 is 24.1 Å². The van der Waals surface area contributed by atoms with Crippen LogP contribution in [0.25, 0.3) is 0 Å². The van der Waals surface area contributed by atoms with Crippen molar-refractivity contribution in [1.29, 1.82) is 0 Å². The first-order valence-corrected chi connectivity index (χ1v) is 9.78. The van der Waals surface area contributed by atoms with E-state index in [1.54, 1.807) is 41.5 Å². The molecular weight excluding hydrogens is 392 g/mol. The van der Waals surface area contributed by atoms with Gasteiger partial charge in [0, 0.05) is 5.75 Å². The van der Waals surface area contributed by atoms with Gasteiger partial charge in [0.25, 0.3) is 0 Å². The Kier molecular flexibility index (Phi) is 10.1. The highest BCUT2D eigenvalue weighted by atomic mass is 32.2. The fraction of sp³-hybridized carbons (Fsp3) is 0.765. The number of carboxylic acid groups (broad SMARTS) is 2. The van der Waals surface area contributed by atoms with Crippen LogP contribution in [0, 0.1) is 0 Å². The van der Waals surface area contributed by atoms with Crippen molar-refractivity contribution in [3.05, 3.63) is 0 Å². The molecule has 0 unspecified atom stereocenters. The van der Waals surface area contributed by atoms with Crippen molar-refractivity contribution in [2.45, 2.75) is 71.2 Å². The molecule has 0 heterocycles. The quantitative estimate of drug-likeness (QED) is 0.409. The monoisotopic (exact) mass is 422 g/mol. The first-order chi connectivity index (χ1) is 12.6. The van der Waals surface area contributed by atoms with Gasteiger partial charge in [-0.3, -0.25) is 0 Å². The summed E-state index contributed by atoms with van der Waals surface area (Å²) in [6.07, 6.45) is -1.65. The highest BCUT2D eigenvalue weighted by molar-refractivity contribution is 7.99. The summed E-state index contributed by atoms with van der Waals surface area (Å²) in [5.41, 5.74) is -1.52. The molecule has 0 saturated carbocycles. The molecule has 0 aliphatic heterocycles. The van der Waals surface area contributed by atoms with Crippen molar-refractivity contribution in [1.82, 2.24) is 10.6 Å². The van der Waals surface area contributed by atoms with Crippen LogP contribution < -0.4 is 10.6 Å². The molecule has 0 radical (unpaired) electrons. The molecule has 0 aliphatic carbocycles. The Balaban J connectivity index is 4.51. The molecule has 0 aromatic heterocycles. The summed E-state index contributed by atoms with van der Waals surface area (Å²) in [7, 11) is 0. The fourth-order valence-corrected chi connectivity index (χ4v) is 2.76. The molecule has 4 N–H and O–H groups in total. The van der Waals surface area contributed by atoms with Crippen LogP contribution in [0.2, 0.25) is 0 Å². The number of carbonyl (C=O) groups excluding carboxylic acids is 2. The van der Waals surface area contributed by atoms with Crippen LogP contribution in [0.3, 0.4) is 0 Å². The molecule has 11 heteroatoms. The minimum atomic E-state index is -1.24. The van der Waals surface area contributed by atoms with E-state index in [1.165, 1.54) is 0 Å². The van der Waals surface area contributed by atoms with Crippen molar-refractivity contribution in [3.8, 4) is 0 Å². The van der Waals surface area contributed by atoms with Crippen molar-refractivity contribution in [3.63, 3.8) is 0 Å². The number of hydrogen-bond donors (Lipinski definition) is 4. The Morgan fingerprint density at radius 2 is 1.21 bits per heavy atom. The van der Waals surface area contributed by atoms with E-state index in [4.69, 9.17) is 9.47 Å². The molecule has 28 heavy (non-hydrogen) atoms. The van der Waals surface area contributed by atoms with Crippen LogP contribution in [-0.2, 0) is 19.1 Å². The van der Waals surface area contributed by atoms with Crippen molar-refractivity contribution < 1.29 is 38.9 Å². The van der Waals surface area contributed by atoms with Gasteiger partial charge in [0.1, 0.15) is 23.3 Å². The van der Waals surface area contributed by atoms with E-state index in [0.29, 0.717) is 0 Å². The van der Waals surface area contributed by atoms with E-state index in [2.05, 4.69) is 10.6 Å².